The Labute approximate surface area is 120 Å². The number of rotatable bonds is 6. The van der Waals surface area contributed by atoms with Crippen molar-refractivity contribution in [2.75, 3.05) is 20.3 Å². The van der Waals surface area contributed by atoms with Crippen molar-refractivity contribution in [1.29, 1.82) is 5.26 Å². The Kier molecular flexibility index (Phi) is 5.69. The third-order valence-corrected chi connectivity index (χ3v) is 5.22. The van der Waals surface area contributed by atoms with Gasteiger partial charge in [-0.25, -0.2) is 8.42 Å². The van der Waals surface area contributed by atoms with Gasteiger partial charge in [0.25, 0.3) is 0 Å². The molecule has 5 nitrogen and oxygen atoms in total. The monoisotopic (exact) mass is 296 g/mol. The van der Waals surface area contributed by atoms with Gasteiger partial charge in [0.05, 0.1) is 23.1 Å². The van der Waals surface area contributed by atoms with Crippen molar-refractivity contribution in [3.8, 4) is 6.07 Å². The highest BCUT2D eigenvalue weighted by molar-refractivity contribution is 7.89. The SMILES string of the molecule is CCN(C(C)COC)S(=O)(=O)c1ccc(C#N)c(C)c1. The fourth-order valence-corrected chi connectivity index (χ4v) is 3.81. The number of ether oxygens (including phenoxy) is 1. The molecule has 1 unspecified atom stereocenters. The van der Waals surface area contributed by atoms with Gasteiger partial charge in [0.2, 0.25) is 10.0 Å². The van der Waals surface area contributed by atoms with Crippen LogP contribution in [0.2, 0.25) is 0 Å². The van der Waals surface area contributed by atoms with E-state index in [1.54, 1.807) is 27.9 Å². The molecule has 0 saturated carbocycles. The largest absolute Gasteiger partial charge is 0.383 e. The summed E-state index contributed by atoms with van der Waals surface area (Å²) in [6.07, 6.45) is 0. The molecule has 0 amide bonds. The molecule has 110 valence electrons. The summed E-state index contributed by atoms with van der Waals surface area (Å²) >= 11 is 0. The summed E-state index contributed by atoms with van der Waals surface area (Å²) in [4.78, 5) is 0.207. The van der Waals surface area contributed by atoms with E-state index in [0.717, 1.165) is 0 Å². The van der Waals surface area contributed by atoms with Gasteiger partial charge in [0.15, 0.2) is 0 Å². The van der Waals surface area contributed by atoms with E-state index in [2.05, 4.69) is 0 Å². The lowest BCUT2D eigenvalue weighted by Gasteiger charge is -2.26. The van der Waals surface area contributed by atoms with E-state index in [9.17, 15) is 8.42 Å². The van der Waals surface area contributed by atoms with E-state index in [1.165, 1.54) is 22.5 Å². The molecule has 0 N–H and O–H groups in total. The van der Waals surface area contributed by atoms with Gasteiger partial charge < -0.3 is 4.74 Å². The summed E-state index contributed by atoms with van der Waals surface area (Å²) in [7, 11) is -2.03. The molecule has 0 aliphatic rings. The topological polar surface area (TPSA) is 70.4 Å². The molecule has 0 spiro atoms. The molecule has 1 aromatic rings. The molecule has 1 rings (SSSR count). The van der Waals surface area contributed by atoms with Crippen LogP contribution in [-0.4, -0.2) is 39.0 Å². The minimum absolute atomic E-state index is 0.207. The molecule has 0 aliphatic heterocycles. The molecule has 0 bridgehead atoms. The molecule has 20 heavy (non-hydrogen) atoms. The van der Waals surface area contributed by atoms with Crippen LogP contribution in [0.3, 0.4) is 0 Å². The van der Waals surface area contributed by atoms with E-state index in [-0.39, 0.29) is 10.9 Å². The fourth-order valence-electron chi connectivity index (χ4n) is 2.10. The smallest absolute Gasteiger partial charge is 0.243 e. The van der Waals surface area contributed by atoms with Crippen molar-refractivity contribution >= 4 is 10.0 Å². The minimum Gasteiger partial charge on any atom is -0.383 e. The molecule has 6 heteroatoms. The summed E-state index contributed by atoms with van der Waals surface area (Å²) < 4.78 is 31.7. The van der Waals surface area contributed by atoms with Crippen molar-refractivity contribution in [2.24, 2.45) is 0 Å². The number of sulfonamides is 1. The Balaban J connectivity index is 3.21. The maximum Gasteiger partial charge on any atom is 0.243 e. The van der Waals surface area contributed by atoms with Crippen LogP contribution in [0.15, 0.2) is 23.1 Å². The molecule has 0 aromatic heterocycles. The Morgan fingerprint density at radius 2 is 2.10 bits per heavy atom. The van der Waals surface area contributed by atoms with Crippen LogP contribution in [-0.2, 0) is 14.8 Å². The molecular weight excluding hydrogens is 276 g/mol. The predicted octanol–water partition coefficient (Wildman–Crippen LogP) is 1.91. The molecule has 0 fully saturated rings. The van der Waals surface area contributed by atoms with Crippen molar-refractivity contribution in [3.63, 3.8) is 0 Å². The van der Waals surface area contributed by atoms with E-state index in [4.69, 9.17) is 10.00 Å². The summed E-state index contributed by atoms with van der Waals surface area (Å²) in [6.45, 7) is 6.03. The zero-order valence-corrected chi connectivity index (χ0v) is 13.1. The van der Waals surface area contributed by atoms with Crippen molar-refractivity contribution in [1.82, 2.24) is 4.31 Å². The molecule has 1 aromatic carbocycles. The number of likely N-dealkylation sites (N-methyl/N-ethyl adjacent to an activating group) is 1. The van der Waals surface area contributed by atoms with Crippen LogP contribution < -0.4 is 0 Å². The summed E-state index contributed by atoms with van der Waals surface area (Å²) in [5, 5.41) is 8.90. The Bertz CT molecular complexity index is 605. The highest BCUT2D eigenvalue weighted by Gasteiger charge is 2.27. The predicted molar refractivity (Wildman–Crippen MR) is 76.8 cm³/mol. The van der Waals surface area contributed by atoms with Gasteiger partial charge in [0, 0.05) is 19.7 Å². The Hall–Kier alpha value is -1.42. The number of hydrogen-bond donors (Lipinski definition) is 0. The highest BCUT2D eigenvalue weighted by atomic mass is 32.2. The fraction of sp³-hybridized carbons (Fsp3) is 0.500. The molecular formula is C14H20N2O3S. The number of aryl methyl sites for hydroxylation is 1. The normalized spacial score (nSPS) is 13.2. The highest BCUT2D eigenvalue weighted by Crippen LogP contribution is 2.21. The Morgan fingerprint density at radius 1 is 1.45 bits per heavy atom. The van der Waals surface area contributed by atoms with E-state index in [0.29, 0.717) is 24.3 Å². The maximum atomic E-state index is 12.6. The molecule has 0 aliphatic carbocycles. The number of nitriles is 1. The van der Waals surface area contributed by atoms with Crippen molar-refractivity contribution in [3.05, 3.63) is 29.3 Å². The van der Waals surface area contributed by atoms with Gasteiger partial charge in [-0.2, -0.15) is 9.57 Å². The first kappa shape index (κ1) is 16.6. The van der Waals surface area contributed by atoms with Gasteiger partial charge >= 0.3 is 0 Å². The summed E-state index contributed by atoms with van der Waals surface area (Å²) in [5.41, 5.74) is 1.14. The second-order valence-electron chi connectivity index (χ2n) is 4.60. The van der Waals surface area contributed by atoms with E-state index < -0.39 is 10.0 Å². The average Bonchev–Trinajstić information content (AvgIpc) is 2.39. The van der Waals surface area contributed by atoms with Crippen LogP contribution >= 0.6 is 0 Å². The quantitative estimate of drug-likeness (QED) is 0.804. The van der Waals surface area contributed by atoms with Crippen molar-refractivity contribution in [2.45, 2.75) is 31.7 Å². The van der Waals surface area contributed by atoms with Crippen LogP contribution in [0.1, 0.15) is 25.0 Å². The maximum absolute atomic E-state index is 12.6. The first-order chi connectivity index (χ1) is 9.38. The second kappa shape index (κ2) is 6.84. The third-order valence-electron chi connectivity index (χ3n) is 3.14. The second-order valence-corrected chi connectivity index (χ2v) is 6.49. The molecule has 1 atom stereocenters. The third kappa shape index (κ3) is 3.37. The number of methoxy groups -OCH3 is 1. The zero-order chi connectivity index (χ0) is 15.3. The van der Waals surface area contributed by atoms with Crippen molar-refractivity contribution < 1.29 is 13.2 Å². The standard InChI is InChI=1S/C14H20N2O3S/c1-5-16(12(3)10-19-4)20(17,18)14-7-6-13(9-15)11(2)8-14/h6-8,12H,5,10H2,1-4H3. The zero-order valence-electron chi connectivity index (χ0n) is 12.3. The number of nitrogens with zero attached hydrogens (tertiary/aromatic N) is 2. The number of hydrogen-bond acceptors (Lipinski definition) is 4. The Morgan fingerprint density at radius 3 is 2.55 bits per heavy atom. The van der Waals surface area contributed by atoms with E-state index >= 15 is 0 Å². The molecule has 0 heterocycles. The van der Waals surface area contributed by atoms with Gasteiger partial charge in [-0.15, -0.1) is 0 Å². The van der Waals surface area contributed by atoms with Gasteiger partial charge in [-0.1, -0.05) is 6.92 Å². The van der Waals surface area contributed by atoms with E-state index in [1.807, 2.05) is 6.07 Å². The van der Waals surface area contributed by atoms with Crippen LogP contribution in [0, 0.1) is 18.3 Å². The van der Waals surface area contributed by atoms with Gasteiger partial charge in [-0.3, -0.25) is 0 Å². The lowest BCUT2D eigenvalue weighted by atomic mass is 10.1. The first-order valence-corrected chi connectivity index (χ1v) is 7.84. The van der Waals surface area contributed by atoms with Crippen LogP contribution in [0.25, 0.3) is 0 Å². The minimum atomic E-state index is -3.58. The van der Waals surface area contributed by atoms with Gasteiger partial charge in [-0.05, 0) is 37.6 Å². The summed E-state index contributed by atoms with van der Waals surface area (Å²) in [5.74, 6) is 0. The lowest BCUT2D eigenvalue weighted by molar-refractivity contribution is 0.142. The molecule has 0 saturated heterocycles. The lowest BCUT2D eigenvalue weighted by Crippen LogP contribution is -2.40. The van der Waals surface area contributed by atoms with Crippen LogP contribution in [0.5, 0.6) is 0 Å². The van der Waals surface area contributed by atoms with Gasteiger partial charge in [0.1, 0.15) is 0 Å². The first-order valence-electron chi connectivity index (χ1n) is 6.40. The van der Waals surface area contributed by atoms with Crippen LogP contribution in [0.4, 0.5) is 0 Å². The number of benzene rings is 1. The molecule has 0 radical (unpaired) electrons. The summed E-state index contributed by atoms with van der Waals surface area (Å²) in [6, 6.07) is 6.34. The average molecular weight is 296 g/mol.